The van der Waals surface area contributed by atoms with E-state index in [1.165, 1.54) is 6.07 Å². The van der Waals surface area contributed by atoms with Gasteiger partial charge in [0.15, 0.2) is 0 Å². The Morgan fingerprint density at radius 2 is 1.96 bits per heavy atom. The number of benzene rings is 2. The van der Waals surface area contributed by atoms with E-state index < -0.39 is 0 Å². The van der Waals surface area contributed by atoms with Crippen LogP contribution >= 0.6 is 0 Å². The molecule has 4 nitrogen and oxygen atoms in total. The summed E-state index contributed by atoms with van der Waals surface area (Å²) in [6.45, 7) is 0.497. The van der Waals surface area contributed by atoms with Gasteiger partial charge in [-0.15, -0.1) is 0 Å². The van der Waals surface area contributed by atoms with Gasteiger partial charge in [0.2, 0.25) is 5.91 Å². The fraction of sp³-hybridized carbons (Fsp3) is 0.316. The average Bonchev–Trinajstić information content (AvgIpc) is 3.39. The molecule has 2 N–H and O–H groups in total. The van der Waals surface area contributed by atoms with Gasteiger partial charge < -0.3 is 15.2 Å². The SMILES string of the molecule is O=C(NCc1ccccc1OCCO)C1CC1c1ccccc1F. The molecule has 0 aromatic heterocycles. The summed E-state index contributed by atoms with van der Waals surface area (Å²) in [4.78, 5) is 12.3. The number of para-hydroxylation sites is 1. The van der Waals surface area contributed by atoms with Crippen LogP contribution in [-0.2, 0) is 11.3 Å². The van der Waals surface area contributed by atoms with E-state index in [-0.39, 0.29) is 36.8 Å². The molecule has 126 valence electrons. The molecule has 5 heteroatoms. The van der Waals surface area contributed by atoms with Crippen molar-refractivity contribution in [2.75, 3.05) is 13.2 Å². The first kappa shape index (κ1) is 16.5. The van der Waals surface area contributed by atoms with Gasteiger partial charge in [-0.05, 0) is 30.0 Å². The number of ether oxygens (including phenoxy) is 1. The van der Waals surface area contributed by atoms with E-state index in [0.717, 1.165) is 5.56 Å². The first-order valence-electron chi connectivity index (χ1n) is 8.04. The molecule has 1 aliphatic carbocycles. The second kappa shape index (κ2) is 7.45. The van der Waals surface area contributed by atoms with E-state index in [4.69, 9.17) is 9.84 Å². The Kier molecular flexibility index (Phi) is 5.11. The Morgan fingerprint density at radius 3 is 2.75 bits per heavy atom. The number of nitrogens with one attached hydrogen (secondary N) is 1. The lowest BCUT2D eigenvalue weighted by molar-refractivity contribution is -0.122. The van der Waals surface area contributed by atoms with Crippen molar-refractivity contribution in [3.8, 4) is 5.75 Å². The van der Waals surface area contributed by atoms with Crippen LogP contribution in [0, 0.1) is 11.7 Å². The third-order valence-electron chi connectivity index (χ3n) is 4.21. The largest absolute Gasteiger partial charge is 0.491 e. The molecule has 0 radical (unpaired) electrons. The molecular formula is C19H20FNO3. The predicted molar refractivity (Wildman–Crippen MR) is 88.1 cm³/mol. The van der Waals surface area contributed by atoms with Gasteiger partial charge in [-0.3, -0.25) is 4.79 Å². The molecule has 1 aliphatic rings. The topological polar surface area (TPSA) is 58.6 Å². The van der Waals surface area contributed by atoms with E-state index in [9.17, 15) is 9.18 Å². The highest BCUT2D eigenvalue weighted by Gasteiger charge is 2.44. The lowest BCUT2D eigenvalue weighted by Crippen LogP contribution is -2.25. The van der Waals surface area contributed by atoms with Crippen LogP contribution in [0.2, 0.25) is 0 Å². The maximum absolute atomic E-state index is 13.8. The smallest absolute Gasteiger partial charge is 0.224 e. The summed E-state index contributed by atoms with van der Waals surface area (Å²) < 4.78 is 19.2. The fourth-order valence-electron chi connectivity index (χ4n) is 2.86. The summed E-state index contributed by atoms with van der Waals surface area (Å²) in [5.41, 5.74) is 1.46. The highest BCUT2D eigenvalue weighted by molar-refractivity contribution is 5.82. The van der Waals surface area contributed by atoms with Crippen LogP contribution in [0.5, 0.6) is 5.75 Å². The molecule has 0 saturated heterocycles. The fourth-order valence-corrected chi connectivity index (χ4v) is 2.86. The number of halogens is 1. The molecule has 1 saturated carbocycles. The third kappa shape index (κ3) is 3.74. The number of aliphatic hydroxyl groups excluding tert-OH is 1. The zero-order valence-corrected chi connectivity index (χ0v) is 13.2. The Hall–Kier alpha value is -2.40. The van der Waals surface area contributed by atoms with E-state index >= 15 is 0 Å². The van der Waals surface area contributed by atoms with Crippen molar-refractivity contribution in [3.63, 3.8) is 0 Å². The normalized spacial score (nSPS) is 18.9. The maximum atomic E-state index is 13.8. The number of carbonyl (C=O) groups excluding carboxylic acids is 1. The Bertz CT molecular complexity index is 719. The minimum atomic E-state index is -0.249. The zero-order chi connectivity index (χ0) is 16.9. The second-order valence-corrected chi connectivity index (χ2v) is 5.87. The van der Waals surface area contributed by atoms with E-state index in [1.807, 2.05) is 18.2 Å². The summed E-state index contributed by atoms with van der Waals surface area (Å²) in [5.74, 6) is 0.119. The molecule has 2 aromatic carbocycles. The van der Waals surface area contributed by atoms with E-state index in [2.05, 4.69) is 5.32 Å². The number of hydrogen-bond donors (Lipinski definition) is 2. The van der Waals surface area contributed by atoms with Crippen molar-refractivity contribution in [2.24, 2.45) is 5.92 Å². The molecule has 0 aliphatic heterocycles. The van der Waals surface area contributed by atoms with Crippen LogP contribution in [-0.4, -0.2) is 24.2 Å². The van der Waals surface area contributed by atoms with E-state index in [1.54, 1.807) is 24.3 Å². The highest BCUT2D eigenvalue weighted by Crippen LogP contribution is 2.48. The number of carbonyl (C=O) groups is 1. The molecular weight excluding hydrogens is 309 g/mol. The molecule has 24 heavy (non-hydrogen) atoms. The summed E-state index contributed by atoms with van der Waals surface area (Å²) in [7, 11) is 0. The van der Waals surface area contributed by atoms with Gasteiger partial charge in [-0.2, -0.15) is 0 Å². The Morgan fingerprint density at radius 1 is 1.21 bits per heavy atom. The number of rotatable bonds is 7. The van der Waals surface area contributed by atoms with Crippen molar-refractivity contribution in [1.82, 2.24) is 5.32 Å². The summed E-state index contributed by atoms with van der Waals surface area (Å²) in [6.07, 6.45) is 0.676. The van der Waals surface area contributed by atoms with Gasteiger partial charge in [-0.25, -0.2) is 4.39 Å². The van der Waals surface area contributed by atoms with Gasteiger partial charge in [0, 0.05) is 18.0 Å². The van der Waals surface area contributed by atoms with Crippen LogP contribution in [0.4, 0.5) is 4.39 Å². The molecule has 2 atom stereocenters. The number of hydrogen-bond acceptors (Lipinski definition) is 3. The predicted octanol–water partition coefficient (Wildman–Crippen LogP) is 2.62. The molecule has 0 bridgehead atoms. The number of aliphatic hydroxyl groups is 1. The van der Waals surface area contributed by atoms with Crippen molar-refractivity contribution >= 4 is 5.91 Å². The van der Waals surface area contributed by atoms with E-state index in [0.29, 0.717) is 24.3 Å². The zero-order valence-electron chi connectivity index (χ0n) is 13.2. The Labute approximate surface area is 140 Å². The van der Waals surface area contributed by atoms with Crippen LogP contribution in [0.1, 0.15) is 23.5 Å². The summed E-state index contributed by atoms with van der Waals surface area (Å²) in [5, 5.41) is 11.7. The monoisotopic (exact) mass is 329 g/mol. The minimum Gasteiger partial charge on any atom is -0.491 e. The van der Waals surface area contributed by atoms with Gasteiger partial charge in [-0.1, -0.05) is 36.4 Å². The average molecular weight is 329 g/mol. The maximum Gasteiger partial charge on any atom is 0.224 e. The molecule has 1 fully saturated rings. The second-order valence-electron chi connectivity index (χ2n) is 5.87. The standard InChI is InChI=1S/C19H20FNO3/c20-17-7-3-2-6-14(17)15-11-16(15)19(23)21-12-13-5-1-4-8-18(13)24-10-9-22/h1-8,15-16,22H,9-12H2,(H,21,23). The van der Waals surface area contributed by atoms with Gasteiger partial charge in [0.1, 0.15) is 18.2 Å². The summed E-state index contributed by atoms with van der Waals surface area (Å²) >= 11 is 0. The molecule has 3 rings (SSSR count). The lowest BCUT2D eigenvalue weighted by atomic mass is 10.1. The molecule has 1 amide bonds. The van der Waals surface area contributed by atoms with Crippen LogP contribution in [0.25, 0.3) is 0 Å². The highest BCUT2D eigenvalue weighted by atomic mass is 19.1. The van der Waals surface area contributed by atoms with Crippen molar-refractivity contribution < 1.29 is 19.0 Å². The van der Waals surface area contributed by atoms with Crippen molar-refractivity contribution in [2.45, 2.75) is 18.9 Å². The van der Waals surface area contributed by atoms with Crippen LogP contribution in [0.15, 0.2) is 48.5 Å². The van der Waals surface area contributed by atoms with Crippen molar-refractivity contribution in [3.05, 3.63) is 65.5 Å². The summed E-state index contributed by atoms with van der Waals surface area (Å²) in [6, 6.07) is 14.0. The van der Waals surface area contributed by atoms with Gasteiger partial charge in [0.05, 0.1) is 6.61 Å². The molecule has 0 heterocycles. The quantitative estimate of drug-likeness (QED) is 0.821. The number of amides is 1. The first-order chi connectivity index (χ1) is 11.7. The Balaban J connectivity index is 1.57. The lowest BCUT2D eigenvalue weighted by Gasteiger charge is -2.11. The van der Waals surface area contributed by atoms with Gasteiger partial charge in [0.25, 0.3) is 0 Å². The molecule has 0 spiro atoms. The van der Waals surface area contributed by atoms with Crippen LogP contribution < -0.4 is 10.1 Å². The minimum absolute atomic E-state index is 0.0351. The van der Waals surface area contributed by atoms with Crippen LogP contribution in [0.3, 0.4) is 0 Å². The third-order valence-corrected chi connectivity index (χ3v) is 4.21. The molecule has 2 aromatic rings. The first-order valence-corrected chi connectivity index (χ1v) is 8.04. The van der Waals surface area contributed by atoms with Gasteiger partial charge >= 0.3 is 0 Å². The van der Waals surface area contributed by atoms with Crippen molar-refractivity contribution in [1.29, 1.82) is 0 Å². The molecule has 2 unspecified atom stereocenters.